The number of ether oxygens (including phenoxy) is 1. The Kier molecular flexibility index (Phi) is 5.78. The summed E-state index contributed by atoms with van der Waals surface area (Å²) in [6.07, 6.45) is 1.43. The van der Waals surface area contributed by atoms with Crippen LogP contribution >= 0.6 is 0 Å². The van der Waals surface area contributed by atoms with Crippen LogP contribution in [0.4, 0.5) is 0 Å². The minimum absolute atomic E-state index is 0.0292. The Hall–Kier alpha value is -3.14. The molecule has 1 N–H and O–H groups in total. The van der Waals surface area contributed by atoms with E-state index < -0.39 is 16.0 Å². The van der Waals surface area contributed by atoms with E-state index in [-0.39, 0.29) is 42.8 Å². The number of amidine groups is 1. The molecule has 0 atom stereocenters. The van der Waals surface area contributed by atoms with Crippen molar-refractivity contribution in [3.05, 3.63) is 54.0 Å². The smallest absolute Gasteiger partial charge is 0.308 e. The number of furan rings is 1. The minimum atomic E-state index is -3.61. The molecule has 1 aliphatic rings. The summed E-state index contributed by atoms with van der Waals surface area (Å²) in [5.41, 5.74) is 0.464. The summed E-state index contributed by atoms with van der Waals surface area (Å²) in [5, 5.41) is 0. The first-order valence-corrected chi connectivity index (χ1v) is 9.94. The fraction of sp³-hybridized carbons (Fsp3) is 0.278. The van der Waals surface area contributed by atoms with Crippen molar-refractivity contribution in [3.63, 3.8) is 0 Å². The predicted molar refractivity (Wildman–Crippen MR) is 98.9 cm³/mol. The first-order valence-electron chi connectivity index (χ1n) is 8.45. The summed E-state index contributed by atoms with van der Waals surface area (Å²) >= 11 is 0. The van der Waals surface area contributed by atoms with Gasteiger partial charge in [-0.3, -0.25) is 19.3 Å². The largest absolute Gasteiger partial charge is 0.467 e. The highest BCUT2D eigenvalue weighted by molar-refractivity contribution is 7.90. The molecule has 0 bridgehead atoms. The Morgan fingerprint density at radius 2 is 2.00 bits per heavy atom. The van der Waals surface area contributed by atoms with E-state index in [4.69, 9.17) is 9.15 Å². The molecule has 0 saturated carbocycles. The van der Waals surface area contributed by atoms with Gasteiger partial charge in [-0.25, -0.2) is 8.42 Å². The van der Waals surface area contributed by atoms with E-state index in [0.717, 1.165) is 0 Å². The molecule has 2 heterocycles. The number of fused-ring (bicyclic) bond motifs is 1. The summed E-state index contributed by atoms with van der Waals surface area (Å²) in [6, 6.07) is 9.91. The molecule has 28 heavy (non-hydrogen) atoms. The Morgan fingerprint density at radius 3 is 2.75 bits per heavy atom. The van der Waals surface area contributed by atoms with Crippen LogP contribution < -0.4 is 4.72 Å². The van der Waals surface area contributed by atoms with Crippen molar-refractivity contribution < 1.29 is 27.2 Å². The Balaban J connectivity index is 1.46. The molecule has 9 nitrogen and oxygen atoms in total. The van der Waals surface area contributed by atoms with Crippen LogP contribution in [0.2, 0.25) is 0 Å². The molecule has 0 aliphatic carbocycles. The molecule has 2 aromatic rings. The molecule has 0 radical (unpaired) electrons. The maximum absolute atomic E-state index is 12.0. The molecule has 1 aliphatic heterocycles. The average Bonchev–Trinajstić information content (AvgIpc) is 3.26. The van der Waals surface area contributed by atoms with Crippen LogP contribution in [-0.2, 0) is 30.9 Å². The highest BCUT2D eigenvalue weighted by atomic mass is 32.2. The van der Waals surface area contributed by atoms with Crippen LogP contribution in [0, 0.1) is 0 Å². The third kappa shape index (κ3) is 4.58. The van der Waals surface area contributed by atoms with Gasteiger partial charge in [-0.05, 0) is 24.3 Å². The number of benzene rings is 1. The number of nitrogens with zero attached hydrogens (tertiary/aromatic N) is 2. The van der Waals surface area contributed by atoms with Crippen molar-refractivity contribution in [2.24, 2.45) is 4.99 Å². The van der Waals surface area contributed by atoms with Gasteiger partial charge in [-0.1, -0.05) is 12.1 Å². The quantitative estimate of drug-likeness (QED) is 0.684. The zero-order valence-electron chi connectivity index (χ0n) is 15.1. The number of hydrogen-bond donors (Lipinski definition) is 1. The van der Waals surface area contributed by atoms with Gasteiger partial charge in [0.2, 0.25) is 0 Å². The van der Waals surface area contributed by atoms with Crippen LogP contribution in [0.1, 0.15) is 17.7 Å². The molecule has 1 amide bonds. The molecule has 1 aromatic carbocycles. The summed E-state index contributed by atoms with van der Waals surface area (Å²) in [7, 11) is -2.04. The van der Waals surface area contributed by atoms with Crippen LogP contribution in [0.15, 0.2) is 57.0 Å². The highest BCUT2D eigenvalue weighted by Crippen LogP contribution is 2.22. The van der Waals surface area contributed by atoms with E-state index in [1.165, 1.54) is 17.2 Å². The van der Waals surface area contributed by atoms with Crippen LogP contribution in [0.5, 0.6) is 0 Å². The number of nitrogens with one attached hydrogen (secondary N) is 1. The normalized spacial score (nSPS) is 15.7. The van der Waals surface area contributed by atoms with E-state index >= 15 is 0 Å². The molecule has 0 fully saturated rings. The van der Waals surface area contributed by atoms with Crippen molar-refractivity contribution in [2.45, 2.75) is 17.9 Å². The number of esters is 1. The summed E-state index contributed by atoms with van der Waals surface area (Å²) < 4.78 is 36.4. The minimum Gasteiger partial charge on any atom is -0.467 e. The SMILES string of the molecule is CN(Cc1ccco1)C(=O)COC(=O)CCN=C1NS(=O)(=O)c2ccccc21. The van der Waals surface area contributed by atoms with Crippen molar-refractivity contribution in [3.8, 4) is 0 Å². The van der Waals surface area contributed by atoms with Gasteiger partial charge in [-0.2, -0.15) is 0 Å². The fourth-order valence-corrected chi connectivity index (χ4v) is 3.81. The first-order chi connectivity index (χ1) is 13.4. The second-order valence-corrected chi connectivity index (χ2v) is 7.72. The van der Waals surface area contributed by atoms with Crippen molar-refractivity contribution in [1.82, 2.24) is 9.62 Å². The van der Waals surface area contributed by atoms with Crippen LogP contribution in [-0.4, -0.2) is 51.2 Å². The lowest BCUT2D eigenvalue weighted by atomic mass is 10.2. The predicted octanol–water partition coefficient (Wildman–Crippen LogP) is 0.910. The van der Waals surface area contributed by atoms with Crippen LogP contribution in [0.3, 0.4) is 0 Å². The molecular weight excluding hydrogens is 386 g/mol. The third-order valence-electron chi connectivity index (χ3n) is 4.00. The van der Waals surface area contributed by atoms with Crippen molar-refractivity contribution >= 4 is 27.7 Å². The van der Waals surface area contributed by atoms with Crippen molar-refractivity contribution in [2.75, 3.05) is 20.2 Å². The summed E-state index contributed by atoms with van der Waals surface area (Å²) in [6.45, 7) is -0.0832. The Morgan fingerprint density at radius 1 is 1.21 bits per heavy atom. The number of carbonyl (C=O) groups is 2. The van der Waals surface area contributed by atoms with Crippen molar-refractivity contribution in [1.29, 1.82) is 0 Å². The van der Waals surface area contributed by atoms with E-state index in [0.29, 0.717) is 11.3 Å². The third-order valence-corrected chi connectivity index (χ3v) is 5.40. The number of carbonyl (C=O) groups excluding carboxylic acids is 2. The molecule has 3 rings (SSSR count). The maximum Gasteiger partial charge on any atom is 0.308 e. The molecule has 148 valence electrons. The number of rotatable bonds is 7. The van der Waals surface area contributed by atoms with E-state index in [1.807, 2.05) is 0 Å². The van der Waals surface area contributed by atoms with Gasteiger partial charge in [0.15, 0.2) is 6.61 Å². The Bertz CT molecular complexity index is 998. The molecular formula is C18H19N3O6S. The fourth-order valence-electron chi connectivity index (χ4n) is 2.56. The monoisotopic (exact) mass is 405 g/mol. The second kappa shape index (κ2) is 8.26. The lowest BCUT2D eigenvalue weighted by Crippen LogP contribution is -2.30. The van der Waals surface area contributed by atoms with Gasteiger partial charge in [0.1, 0.15) is 11.6 Å². The first kappa shape index (κ1) is 19.6. The zero-order chi connectivity index (χ0) is 20.1. The number of hydrogen-bond acceptors (Lipinski definition) is 7. The van der Waals surface area contributed by atoms with Gasteiger partial charge in [-0.15, -0.1) is 0 Å². The van der Waals surface area contributed by atoms with Gasteiger partial charge in [0.25, 0.3) is 15.9 Å². The van der Waals surface area contributed by atoms with E-state index in [9.17, 15) is 18.0 Å². The number of sulfonamides is 1. The summed E-state index contributed by atoms with van der Waals surface area (Å²) in [4.78, 5) is 29.5. The molecule has 0 unspecified atom stereocenters. The summed E-state index contributed by atoms with van der Waals surface area (Å²) in [5.74, 6) is -0.151. The lowest BCUT2D eigenvalue weighted by molar-refractivity contribution is -0.151. The number of amides is 1. The molecule has 0 spiro atoms. The van der Waals surface area contributed by atoms with Gasteiger partial charge in [0.05, 0.1) is 30.7 Å². The molecule has 10 heteroatoms. The van der Waals surface area contributed by atoms with Gasteiger partial charge < -0.3 is 14.1 Å². The molecule has 0 saturated heterocycles. The lowest BCUT2D eigenvalue weighted by Gasteiger charge is -2.15. The van der Waals surface area contributed by atoms with Crippen LogP contribution in [0.25, 0.3) is 0 Å². The van der Waals surface area contributed by atoms with Gasteiger partial charge in [0, 0.05) is 12.6 Å². The van der Waals surface area contributed by atoms with Gasteiger partial charge >= 0.3 is 5.97 Å². The average molecular weight is 405 g/mol. The van der Waals surface area contributed by atoms with E-state index in [1.54, 1.807) is 37.4 Å². The number of aliphatic imine (C=N–C) groups is 1. The maximum atomic E-state index is 12.0. The topological polar surface area (TPSA) is 118 Å². The highest BCUT2D eigenvalue weighted by Gasteiger charge is 2.29. The molecule has 1 aromatic heterocycles. The second-order valence-electron chi connectivity index (χ2n) is 6.07. The Labute approximate surface area is 162 Å². The number of likely N-dealkylation sites (N-methyl/N-ethyl adjacent to an activating group) is 1. The van der Waals surface area contributed by atoms with E-state index in [2.05, 4.69) is 9.71 Å². The zero-order valence-corrected chi connectivity index (χ0v) is 15.9. The standard InChI is InChI=1S/C18H19N3O6S/c1-21(11-13-5-4-10-26-13)16(22)12-27-17(23)8-9-19-18-14-6-2-3-7-15(14)28(24,25)20-18/h2-7,10H,8-9,11-12H2,1H3,(H,19,20).